The largest absolute Gasteiger partial charge is 0.467 e. The number of carbonyl (C=O) groups is 2. The number of aryl methyl sites for hydroxylation is 1. The molecule has 33 heavy (non-hydrogen) atoms. The van der Waals surface area contributed by atoms with E-state index in [4.69, 9.17) is 16.3 Å². The number of nitrogens with one attached hydrogen (secondary N) is 2. The highest BCUT2D eigenvalue weighted by Gasteiger charge is 2.49. The van der Waals surface area contributed by atoms with E-state index in [9.17, 15) is 9.59 Å². The number of benzene rings is 3. The van der Waals surface area contributed by atoms with Crippen LogP contribution in [-0.2, 0) is 6.42 Å². The number of nitrogens with zero attached hydrogens (tertiary/aromatic N) is 1. The summed E-state index contributed by atoms with van der Waals surface area (Å²) in [5.41, 5.74) is 2.89. The third-order valence-electron chi connectivity index (χ3n) is 6.19. The van der Waals surface area contributed by atoms with Crippen LogP contribution in [-0.4, -0.2) is 17.7 Å². The Morgan fingerprint density at radius 2 is 2.00 bits per heavy atom. The van der Waals surface area contributed by atoms with Crippen LogP contribution in [0.1, 0.15) is 47.8 Å². The van der Waals surface area contributed by atoms with E-state index >= 15 is 0 Å². The first-order valence-electron chi connectivity index (χ1n) is 11.0. The van der Waals surface area contributed by atoms with Gasteiger partial charge in [-0.25, -0.2) is 4.79 Å². The molecule has 0 aliphatic carbocycles. The van der Waals surface area contributed by atoms with Gasteiger partial charge >= 0.3 is 6.03 Å². The predicted molar refractivity (Wildman–Crippen MR) is 129 cm³/mol. The highest BCUT2D eigenvalue weighted by molar-refractivity contribution is 6.30. The SMILES string of the molecule is CCc1cccc(NC(=O)c2cccc(N3C(=O)NC4CC3(C)Oc3ccc(Cl)cc34)c2)c1. The Bertz CT molecular complexity index is 1260. The van der Waals surface area contributed by atoms with E-state index in [1.165, 1.54) is 0 Å². The number of hydrogen-bond acceptors (Lipinski definition) is 3. The molecule has 3 aromatic rings. The second kappa shape index (κ2) is 8.12. The van der Waals surface area contributed by atoms with Gasteiger partial charge in [0.25, 0.3) is 5.91 Å². The number of carbonyl (C=O) groups excluding carboxylic acids is 2. The molecule has 2 aliphatic rings. The molecule has 168 valence electrons. The van der Waals surface area contributed by atoms with Gasteiger partial charge in [0.15, 0.2) is 5.72 Å². The zero-order chi connectivity index (χ0) is 23.2. The predicted octanol–water partition coefficient (Wildman–Crippen LogP) is 5.92. The van der Waals surface area contributed by atoms with Crippen molar-refractivity contribution in [2.75, 3.05) is 10.2 Å². The van der Waals surface area contributed by atoms with Crippen molar-refractivity contribution in [2.24, 2.45) is 0 Å². The molecule has 2 atom stereocenters. The molecule has 5 rings (SSSR count). The van der Waals surface area contributed by atoms with E-state index in [-0.39, 0.29) is 18.0 Å². The molecule has 2 heterocycles. The molecule has 3 aromatic carbocycles. The van der Waals surface area contributed by atoms with Crippen LogP contribution in [0.3, 0.4) is 0 Å². The van der Waals surface area contributed by atoms with E-state index in [1.807, 2.05) is 43.3 Å². The Hall–Kier alpha value is -3.51. The van der Waals surface area contributed by atoms with E-state index < -0.39 is 5.72 Å². The number of halogens is 1. The van der Waals surface area contributed by atoms with Gasteiger partial charge in [-0.15, -0.1) is 0 Å². The quantitative estimate of drug-likeness (QED) is 0.506. The first-order valence-corrected chi connectivity index (χ1v) is 11.3. The summed E-state index contributed by atoms with van der Waals surface area (Å²) in [5.74, 6) is 0.447. The van der Waals surface area contributed by atoms with Crippen LogP contribution in [0.15, 0.2) is 66.7 Å². The maximum Gasteiger partial charge on any atom is 0.325 e. The van der Waals surface area contributed by atoms with Gasteiger partial charge in [0, 0.05) is 28.3 Å². The van der Waals surface area contributed by atoms with Crippen LogP contribution in [0.4, 0.5) is 16.2 Å². The van der Waals surface area contributed by atoms with Crippen molar-refractivity contribution in [3.05, 3.63) is 88.4 Å². The monoisotopic (exact) mass is 461 g/mol. The van der Waals surface area contributed by atoms with Crippen LogP contribution < -0.4 is 20.3 Å². The Kier molecular flexibility index (Phi) is 5.25. The van der Waals surface area contributed by atoms with Crippen molar-refractivity contribution in [3.63, 3.8) is 0 Å². The standard InChI is InChI=1S/C26H24ClN3O3/c1-3-16-6-4-8-19(12-16)28-24(31)17-7-5-9-20(13-17)30-25(32)29-22-15-26(30,2)33-23-11-10-18(27)14-21(22)23/h4-14,22H,3,15H2,1-2H3,(H,28,31)(H,29,32). The third-order valence-corrected chi connectivity index (χ3v) is 6.43. The first kappa shape index (κ1) is 21.3. The lowest BCUT2D eigenvalue weighted by Gasteiger charge is -2.50. The smallest absolute Gasteiger partial charge is 0.325 e. The van der Waals surface area contributed by atoms with Crippen molar-refractivity contribution < 1.29 is 14.3 Å². The van der Waals surface area contributed by atoms with E-state index in [1.54, 1.807) is 35.2 Å². The van der Waals surface area contributed by atoms with Gasteiger partial charge in [-0.1, -0.05) is 36.7 Å². The average Bonchev–Trinajstić information content (AvgIpc) is 2.79. The molecule has 7 heteroatoms. The summed E-state index contributed by atoms with van der Waals surface area (Å²) in [7, 11) is 0. The van der Waals surface area contributed by atoms with Crippen molar-refractivity contribution >= 4 is 34.9 Å². The summed E-state index contributed by atoms with van der Waals surface area (Å²) in [6.07, 6.45) is 1.44. The molecule has 0 aromatic heterocycles. The molecule has 6 nitrogen and oxygen atoms in total. The number of amides is 3. The molecular formula is C26H24ClN3O3. The Labute approximate surface area is 197 Å². The van der Waals surface area contributed by atoms with Gasteiger partial charge in [0.05, 0.1) is 11.7 Å². The minimum absolute atomic E-state index is 0.196. The van der Waals surface area contributed by atoms with E-state index in [0.717, 1.165) is 23.2 Å². The fourth-order valence-electron chi connectivity index (χ4n) is 4.59. The molecule has 0 radical (unpaired) electrons. The number of ether oxygens (including phenoxy) is 1. The van der Waals surface area contributed by atoms with Crippen LogP contribution >= 0.6 is 11.6 Å². The summed E-state index contributed by atoms with van der Waals surface area (Å²) >= 11 is 6.15. The first-order chi connectivity index (χ1) is 15.9. The third kappa shape index (κ3) is 3.91. The van der Waals surface area contributed by atoms with Gasteiger partial charge in [0.1, 0.15) is 5.75 Å². The Balaban J connectivity index is 1.44. The van der Waals surface area contributed by atoms with Gasteiger partial charge in [-0.2, -0.15) is 0 Å². The highest BCUT2D eigenvalue weighted by atomic mass is 35.5. The number of hydrogen-bond donors (Lipinski definition) is 2. The molecule has 2 N–H and O–H groups in total. The average molecular weight is 462 g/mol. The molecule has 0 saturated carbocycles. The van der Waals surface area contributed by atoms with Crippen LogP contribution in [0, 0.1) is 0 Å². The van der Waals surface area contributed by atoms with Crippen LogP contribution in [0.25, 0.3) is 0 Å². The maximum absolute atomic E-state index is 13.2. The van der Waals surface area contributed by atoms with Crippen molar-refractivity contribution in [1.82, 2.24) is 5.32 Å². The molecule has 1 fully saturated rings. The highest BCUT2D eigenvalue weighted by Crippen LogP contribution is 2.46. The van der Waals surface area contributed by atoms with E-state index in [0.29, 0.717) is 28.4 Å². The van der Waals surface area contributed by atoms with Gasteiger partial charge in [0.2, 0.25) is 0 Å². The molecule has 0 spiro atoms. The molecule has 2 aliphatic heterocycles. The Morgan fingerprint density at radius 3 is 2.82 bits per heavy atom. The fraction of sp³-hybridized carbons (Fsp3) is 0.231. The lowest BCUT2D eigenvalue weighted by Crippen LogP contribution is -2.65. The fourth-order valence-corrected chi connectivity index (χ4v) is 4.78. The minimum atomic E-state index is -0.904. The molecule has 2 bridgehead atoms. The van der Waals surface area contributed by atoms with Crippen LogP contribution in [0.5, 0.6) is 5.75 Å². The number of rotatable bonds is 4. The summed E-state index contributed by atoms with van der Waals surface area (Å²) in [6, 6.07) is 19.7. The van der Waals surface area contributed by atoms with Gasteiger partial charge in [-0.3, -0.25) is 9.69 Å². The molecule has 3 amide bonds. The van der Waals surface area contributed by atoms with Crippen LogP contribution in [0.2, 0.25) is 5.02 Å². The maximum atomic E-state index is 13.2. The topological polar surface area (TPSA) is 70.7 Å². The second-order valence-electron chi connectivity index (χ2n) is 8.56. The molecule has 1 saturated heterocycles. The summed E-state index contributed by atoms with van der Waals surface area (Å²) in [6.45, 7) is 3.96. The summed E-state index contributed by atoms with van der Waals surface area (Å²) < 4.78 is 6.31. The number of anilines is 2. The number of fused-ring (bicyclic) bond motifs is 4. The normalized spacial score (nSPS) is 21.0. The zero-order valence-corrected chi connectivity index (χ0v) is 19.1. The van der Waals surface area contributed by atoms with Gasteiger partial charge < -0.3 is 15.4 Å². The second-order valence-corrected chi connectivity index (χ2v) is 9.00. The lowest BCUT2D eigenvalue weighted by atomic mass is 9.90. The minimum Gasteiger partial charge on any atom is -0.467 e. The summed E-state index contributed by atoms with van der Waals surface area (Å²) in [5, 5.41) is 6.60. The summed E-state index contributed by atoms with van der Waals surface area (Å²) in [4.78, 5) is 27.7. The molecular weight excluding hydrogens is 438 g/mol. The molecule has 2 unspecified atom stereocenters. The zero-order valence-electron chi connectivity index (χ0n) is 18.4. The van der Waals surface area contributed by atoms with Gasteiger partial charge in [-0.05, 0) is 67.4 Å². The van der Waals surface area contributed by atoms with Crippen molar-refractivity contribution in [1.29, 1.82) is 0 Å². The lowest BCUT2D eigenvalue weighted by molar-refractivity contribution is 0.0378. The Morgan fingerprint density at radius 1 is 1.18 bits per heavy atom. The number of urea groups is 1. The van der Waals surface area contributed by atoms with E-state index in [2.05, 4.69) is 17.6 Å². The van der Waals surface area contributed by atoms with Crippen molar-refractivity contribution in [2.45, 2.75) is 38.5 Å². The van der Waals surface area contributed by atoms with Crippen molar-refractivity contribution in [3.8, 4) is 5.75 Å².